The summed E-state index contributed by atoms with van der Waals surface area (Å²) in [5.41, 5.74) is 0.729. The summed E-state index contributed by atoms with van der Waals surface area (Å²) in [5.74, 6) is 1.16. The van der Waals surface area contributed by atoms with E-state index in [4.69, 9.17) is 4.74 Å². The highest BCUT2D eigenvalue weighted by molar-refractivity contribution is 5.78. The van der Waals surface area contributed by atoms with Crippen LogP contribution >= 0.6 is 0 Å². The lowest BCUT2D eigenvalue weighted by atomic mass is 10.1. The van der Waals surface area contributed by atoms with Gasteiger partial charge in [-0.25, -0.2) is 0 Å². The number of nitrogens with zero attached hydrogens (tertiary/aromatic N) is 1. The smallest absolute Gasteiger partial charge is 0.223 e. The molecule has 1 saturated heterocycles. The highest BCUT2D eigenvalue weighted by Gasteiger charge is 2.28. The number of para-hydroxylation sites is 1. The van der Waals surface area contributed by atoms with Gasteiger partial charge in [0.2, 0.25) is 5.91 Å². The van der Waals surface area contributed by atoms with Crippen LogP contribution in [0.5, 0.6) is 5.75 Å². The van der Waals surface area contributed by atoms with Gasteiger partial charge in [-0.15, -0.1) is 0 Å². The molecule has 4 heteroatoms. The largest absolute Gasteiger partial charge is 0.496 e. The number of β-amino-alcohol motifs (C(OH)–C–C–N with tert-alkyl or cyclic N) is 1. The first-order chi connectivity index (χ1) is 8.61. The van der Waals surface area contributed by atoms with Gasteiger partial charge in [-0.2, -0.15) is 0 Å². The molecular formula is C14H19NO3. The molecule has 0 bridgehead atoms. The summed E-state index contributed by atoms with van der Waals surface area (Å²) >= 11 is 0. The predicted molar refractivity (Wildman–Crippen MR) is 68.3 cm³/mol. The van der Waals surface area contributed by atoms with Crippen LogP contribution in [0.4, 0.5) is 0 Å². The van der Waals surface area contributed by atoms with E-state index >= 15 is 0 Å². The predicted octanol–water partition coefficient (Wildman–Crippen LogP) is 1.60. The number of ether oxygens (including phenoxy) is 1. The Morgan fingerprint density at radius 2 is 2.22 bits per heavy atom. The summed E-state index contributed by atoms with van der Waals surface area (Å²) in [6.45, 7) is 3.11. The second-order valence-corrected chi connectivity index (χ2v) is 4.87. The van der Waals surface area contributed by atoms with E-state index in [2.05, 4.69) is 0 Å². The van der Waals surface area contributed by atoms with Gasteiger partial charge in [0.25, 0.3) is 0 Å². The van der Waals surface area contributed by atoms with Crippen LogP contribution < -0.4 is 4.74 Å². The Bertz CT molecular complexity index is 433. The van der Waals surface area contributed by atoms with Crippen molar-refractivity contribution >= 4 is 5.91 Å². The number of hydrogen-bond donors (Lipinski definition) is 1. The minimum Gasteiger partial charge on any atom is -0.496 e. The monoisotopic (exact) mass is 249 g/mol. The first-order valence-corrected chi connectivity index (χ1v) is 6.20. The maximum Gasteiger partial charge on any atom is 0.223 e. The standard InChI is InChI=1S/C14H19NO3/c1-10-7-14(17)15(8-10)9-12(16)11-5-3-4-6-13(11)18-2/h3-6,10,12,16H,7-9H2,1-2H3. The third kappa shape index (κ3) is 2.64. The van der Waals surface area contributed by atoms with Gasteiger partial charge in [-0.3, -0.25) is 4.79 Å². The van der Waals surface area contributed by atoms with Crippen LogP contribution in [0.1, 0.15) is 25.0 Å². The molecule has 18 heavy (non-hydrogen) atoms. The highest BCUT2D eigenvalue weighted by Crippen LogP contribution is 2.27. The fourth-order valence-corrected chi connectivity index (χ4v) is 2.39. The van der Waals surface area contributed by atoms with Gasteiger partial charge in [0.05, 0.1) is 13.7 Å². The molecule has 1 aliphatic heterocycles. The first kappa shape index (κ1) is 12.9. The number of amides is 1. The summed E-state index contributed by atoms with van der Waals surface area (Å²) in [7, 11) is 1.58. The van der Waals surface area contributed by atoms with Gasteiger partial charge in [-0.05, 0) is 12.0 Å². The fourth-order valence-electron chi connectivity index (χ4n) is 2.39. The Kier molecular flexibility index (Phi) is 3.87. The number of carbonyl (C=O) groups is 1. The number of aliphatic hydroxyl groups is 1. The van der Waals surface area contributed by atoms with Gasteiger partial charge >= 0.3 is 0 Å². The SMILES string of the molecule is COc1ccccc1C(O)CN1CC(C)CC1=O. The van der Waals surface area contributed by atoms with Crippen LogP contribution in [0, 0.1) is 5.92 Å². The van der Waals surface area contributed by atoms with Crippen LogP contribution in [0.2, 0.25) is 0 Å². The molecular weight excluding hydrogens is 230 g/mol. The Morgan fingerprint density at radius 3 is 2.83 bits per heavy atom. The van der Waals surface area contributed by atoms with Crippen molar-refractivity contribution in [2.75, 3.05) is 20.2 Å². The lowest BCUT2D eigenvalue weighted by Crippen LogP contribution is -2.30. The van der Waals surface area contributed by atoms with Crippen LogP contribution in [0.3, 0.4) is 0 Å². The van der Waals surface area contributed by atoms with Crippen molar-refractivity contribution in [3.8, 4) is 5.75 Å². The number of carbonyl (C=O) groups excluding carboxylic acids is 1. The second-order valence-electron chi connectivity index (χ2n) is 4.87. The quantitative estimate of drug-likeness (QED) is 0.881. The number of aliphatic hydroxyl groups excluding tert-OH is 1. The third-order valence-electron chi connectivity index (χ3n) is 3.30. The molecule has 0 spiro atoms. The van der Waals surface area contributed by atoms with Crippen molar-refractivity contribution in [2.45, 2.75) is 19.4 Å². The molecule has 2 unspecified atom stereocenters. The molecule has 0 saturated carbocycles. The van der Waals surface area contributed by atoms with Crippen LogP contribution in [-0.2, 0) is 4.79 Å². The molecule has 1 amide bonds. The Morgan fingerprint density at radius 1 is 1.50 bits per heavy atom. The van der Waals surface area contributed by atoms with Crippen molar-refractivity contribution in [1.29, 1.82) is 0 Å². The first-order valence-electron chi connectivity index (χ1n) is 6.20. The van der Waals surface area contributed by atoms with Gasteiger partial charge in [0, 0.05) is 18.5 Å². The molecule has 4 nitrogen and oxygen atoms in total. The van der Waals surface area contributed by atoms with Gasteiger partial charge < -0.3 is 14.7 Å². The van der Waals surface area contributed by atoms with Crippen LogP contribution in [0.15, 0.2) is 24.3 Å². The Labute approximate surface area is 107 Å². The zero-order valence-corrected chi connectivity index (χ0v) is 10.8. The summed E-state index contributed by atoms with van der Waals surface area (Å²) in [5, 5.41) is 10.2. The van der Waals surface area contributed by atoms with E-state index in [9.17, 15) is 9.90 Å². The summed E-state index contributed by atoms with van der Waals surface area (Å²) in [6, 6.07) is 7.36. The van der Waals surface area contributed by atoms with Crippen molar-refractivity contribution in [3.63, 3.8) is 0 Å². The molecule has 1 aliphatic rings. The average molecular weight is 249 g/mol. The number of likely N-dealkylation sites (tertiary alicyclic amines) is 1. The molecule has 1 fully saturated rings. The minimum absolute atomic E-state index is 0.122. The van der Waals surface area contributed by atoms with Gasteiger partial charge in [0.15, 0.2) is 0 Å². The lowest BCUT2D eigenvalue weighted by Gasteiger charge is -2.21. The normalized spacial score (nSPS) is 21.2. The molecule has 2 rings (SSSR count). The van der Waals surface area contributed by atoms with E-state index in [0.29, 0.717) is 24.6 Å². The van der Waals surface area contributed by atoms with Crippen molar-refractivity contribution < 1.29 is 14.6 Å². The molecule has 1 N–H and O–H groups in total. The summed E-state index contributed by atoms with van der Waals surface area (Å²) in [4.78, 5) is 13.4. The van der Waals surface area contributed by atoms with Crippen molar-refractivity contribution in [2.24, 2.45) is 5.92 Å². The van der Waals surface area contributed by atoms with E-state index in [1.165, 1.54) is 0 Å². The molecule has 0 radical (unpaired) electrons. The number of benzene rings is 1. The molecule has 1 heterocycles. The van der Waals surface area contributed by atoms with E-state index in [1.807, 2.05) is 31.2 Å². The average Bonchev–Trinajstić information content (AvgIpc) is 2.67. The maximum atomic E-state index is 11.7. The maximum absolute atomic E-state index is 11.7. The van der Waals surface area contributed by atoms with Gasteiger partial charge in [0.1, 0.15) is 11.9 Å². The Balaban J connectivity index is 2.07. The highest BCUT2D eigenvalue weighted by atomic mass is 16.5. The number of methoxy groups -OCH3 is 1. The Hall–Kier alpha value is -1.55. The zero-order valence-electron chi connectivity index (χ0n) is 10.8. The molecule has 0 aliphatic carbocycles. The summed E-state index contributed by atoms with van der Waals surface area (Å²) < 4.78 is 5.22. The zero-order chi connectivity index (χ0) is 13.1. The number of hydrogen-bond acceptors (Lipinski definition) is 3. The van der Waals surface area contributed by atoms with Crippen molar-refractivity contribution in [3.05, 3.63) is 29.8 Å². The molecule has 0 aromatic heterocycles. The molecule has 1 aromatic carbocycles. The van der Waals surface area contributed by atoms with Crippen LogP contribution in [0.25, 0.3) is 0 Å². The number of rotatable bonds is 4. The molecule has 1 aromatic rings. The van der Waals surface area contributed by atoms with Crippen molar-refractivity contribution in [1.82, 2.24) is 4.90 Å². The second kappa shape index (κ2) is 5.40. The van der Waals surface area contributed by atoms with E-state index in [0.717, 1.165) is 12.1 Å². The van der Waals surface area contributed by atoms with E-state index in [1.54, 1.807) is 12.0 Å². The van der Waals surface area contributed by atoms with E-state index < -0.39 is 6.10 Å². The molecule has 2 atom stereocenters. The van der Waals surface area contributed by atoms with Crippen LogP contribution in [-0.4, -0.2) is 36.1 Å². The summed E-state index contributed by atoms with van der Waals surface area (Å²) in [6.07, 6.45) is -0.117. The van der Waals surface area contributed by atoms with Gasteiger partial charge in [-0.1, -0.05) is 25.1 Å². The molecule has 98 valence electrons. The lowest BCUT2D eigenvalue weighted by molar-refractivity contribution is -0.129. The topological polar surface area (TPSA) is 49.8 Å². The fraction of sp³-hybridized carbons (Fsp3) is 0.500. The third-order valence-corrected chi connectivity index (χ3v) is 3.30. The minimum atomic E-state index is -0.699. The van der Waals surface area contributed by atoms with E-state index in [-0.39, 0.29) is 5.91 Å².